The van der Waals surface area contributed by atoms with Gasteiger partial charge < -0.3 is 10.8 Å². The van der Waals surface area contributed by atoms with E-state index in [4.69, 9.17) is 5.73 Å². The zero-order chi connectivity index (χ0) is 13.1. The van der Waals surface area contributed by atoms with Gasteiger partial charge in [-0.05, 0) is 17.2 Å². The minimum absolute atomic E-state index is 0.331. The predicted molar refractivity (Wildman–Crippen MR) is 63.8 cm³/mol. The van der Waals surface area contributed by atoms with Crippen molar-refractivity contribution in [2.45, 2.75) is 6.10 Å². The van der Waals surface area contributed by atoms with Crippen LogP contribution in [0.3, 0.4) is 0 Å². The van der Waals surface area contributed by atoms with Crippen LogP contribution >= 0.6 is 0 Å². The largest absolute Gasteiger partial charge is 0.378 e. The lowest BCUT2D eigenvalue weighted by atomic mass is 9.97. The molecule has 1 aromatic carbocycles. The van der Waals surface area contributed by atoms with E-state index in [1.165, 1.54) is 12.3 Å². The van der Waals surface area contributed by atoms with Gasteiger partial charge in [-0.1, -0.05) is 24.3 Å². The van der Waals surface area contributed by atoms with Crippen LogP contribution in [0, 0.1) is 5.82 Å². The molecule has 0 bridgehead atoms. The van der Waals surface area contributed by atoms with Gasteiger partial charge in [-0.15, -0.1) is 0 Å². The van der Waals surface area contributed by atoms with E-state index in [-0.39, 0.29) is 0 Å². The zero-order valence-electron chi connectivity index (χ0n) is 9.38. The number of carbonyl (C=O) groups excluding carboxylic acids is 1. The summed E-state index contributed by atoms with van der Waals surface area (Å²) in [5.74, 6) is -1.34. The monoisotopic (exact) mass is 246 g/mol. The van der Waals surface area contributed by atoms with Crippen molar-refractivity contribution in [2.24, 2.45) is 5.73 Å². The SMILES string of the molecule is NC(=O)C(O)c1ccccc1-c1cncc(F)c1. The molecule has 18 heavy (non-hydrogen) atoms. The van der Waals surface area contributed by atoms with Crippen LogP contribution in [0.4, 0.5) is 4.39 Å². The van der Waals surface area contributed by atoms with Crippen molar-refractivity contribution >= 4 is 5.91 Å². The van der Waals surface area contributed by atoms with Gasteiger partial charge in [0.05, 0.1) is 6.20 Å². The standard InChI is InChI=1S/C13H11FN2O2/c14-9-5-8(6-16-7-9)10-3-1-2-4-11(10)12(17)13(15)18/h1-7,12,17H,(H2,15,18). The molecular formula is C13H11FN2O2. The number of amides is 1. The summed E-state index contributed by atoms with van der Waals surface area (Å²) >= 11 is 0. The summed E-state index contributed by atoms with van der Waals surface area (Å²) in [6, 6.07) is 7.89. The van der Waals surface area contributed by atoms with Crippen molar-refractivity contribution in [3.63, 3.8) is 0 Å². The third-order valence-electron chi connectivity index (χ3n) is 2.54. The van der Waals surface area contributed by atoms with E-state index in [2.05, 4.69) is 4.98 Å². The fraction of sp³-hybridized carbons (Fsp3) is 0.0769. The maximum absolute atomic E-state index is 13.1. The molecule has 0 saturated heterocycles. The van der Waals surface area contributed by atoms with E-state index in [0.29, 0.717) is 16.7 Å². The Kier molecular flexibility index (Phi) is 3.34. The molecule has 1 amide bonds. The van der Waals surface area contributed by atoms with Crippen LogP contribution in [0.25, 0.3) is 11.1 Å². The number of carbonyl (C=O) groups is 1. The number of nitrogens with zero attached hydrogens (tertiary/aromatic N) is 1. The second-order valence-electron chi connectivity index (χ2n) is 3.78. The molecule has 3 N–H and O–H groups in total. The summed E-state index contributed by atoms with van der Waals surface area (Å²) in [5.41, 5.74) is 6.40. The molecule has 1 atom stereocenters. The molecule has 0 fully saturated rings. The van der Waals surface area contributed by atoms with Crippen molar-refractivity contribution < 1.29 is 14.3 Å². The molecule has 0 aliphatic carbocycles. The molecule has 0 radical (unpaired) electrons. The van der Waals surface area contributed by atoms with Crippen molar-refractivity contribution in [1.29, 1.82) is 0 Å². The Morgan fingerprint density at radius 3 is 2.72 bits per heavy atom. The number of aliphatic hydroxyl groups is 1. The molecule has 0 spiro atoms. The van der Waals surface area contributed by atoms with Crippen LogP contribution in [0.1, 0.15) is 11.7 Å². The maximum atomic E-state index is 13.1. The molecule has 2 rings (SSSR count). The Morgan fingerprint density at radius 2 is 2.06 bits per heavy atom. The van der Waals surface area contributed by atoms with E-state index >= 15 is 0 Å². The molecule has 0 saturated carbocycles. The number of rotatable bonds is 3. The van der Waals surface area contributed by atoms with Crippen LogP contribution in [-0.2, 0) is 4.79 Å². The number of hydrogen-bond donors (Lipinski definition) is 2. The van der Waals surface area contributed by atoms with Gasteiger partial charge >= 0.3 is 0 Å². The topological polar surface area (TPSA) is 76.2 Å². The van der Waals surface area contributed by atoms with Gasteiger partial charge in [0.1, 0.15) is 5.82 Å². The fourth-order valence-corrected chi connectivity index (χ4v) is 1.71. The molecule has 4 nitrogen and oxygen atoms in total. The van der Waals surface area contributed by atoms with E-state index in [1.807, 2.05) is 0 Å². The smallest absolute Gasteiger partial charge is 0.250 e. The summed E-state index contributed by atoms with van der Waals surface area (Å²) in [4.78, 5) is 14.8. The van der Waals surface area contributed by atoms with Gasteiger partial charge in [0.2, 0.25) is 0 Å². The highest BCUT2D eigenvalue weighted by Crippen LogP contribution is 2.27. The Morgan fingerprint density at radius 1 is 1.33 bits per heavy atom. The van der Waals surface area contributed by atoms with Gasteiger partial charge in [0.15, 0.2) is 6.10 Å². The number of pyridine rings is 1. The number of benzene rings is 1. The fourth-order valence-electron chi connectivity index (χ4n) is 1.71. The highest BCUT2D eigenvalue weighted by molar-refractivity contribution is 5.83. The minimum Gasteiger partial charge on any atom is -0.378 e. The van der Waals surface area contributed by atoms with Crippen molar-refractivity contribution in [2.75, 3.05) is 0 Å². The normalized spacial score (nSPS) is 12.1. The quantitative estimate of drug-likeness (QED) is 0.859. The van der Waals surface area contributed by atoms with E-state index in [0.717, 1.165) is 6.20 Å². The molecule has 0 aliphatic heterocycles. The maximum Gasteiger partial charge on any atom is 0.250 e. The van der Waals surface area contributed by atoms with Gasteiger partial charge in [-0.2, -0.15) is 0 Å². The van der Waals surface area contributed by atoms with Gasteiger partial charge in [0, 0.05) is 11.8 Å². The first-order valence-corrected chi connectivity index (χ1v) is 5.27. The molecule has 2 aromatic rings. The lowest BCUT2D eigenvalue weighted by Crippen LogP contribution is -2.21. The third-order valence-corrected chi connectivity index (χ3v) is 2.54. The molecule has 1 unspecified atom stereocenters. The Bertz CT molecular complexity index is 587. The zero-order valence-corrected chi connectivity index (χ0v) is 9.38. The minimum atomic E-state index is -1.43. The average Bonchev–Trinajstić information content (AvgIpc) is 2.38. The average molecular weight is 246 g/mol. The molecule has 1 heterocycles. The number of hydrogen-bond acceptors (Lipinski definition) is 3. The first kappa shape index (κ1) is 12.2. The van der Waals surface area contributed by atoms with Crippen LogP contribution in [-0.4, -0.2) is 16.0 Å². The molecule has 1 aromatic heterocycles. The number of nitrogens with two attached hydrogens (primary N) is 1. The first-order valence-electron chi connectivity index (χ1n) is 5.27. The summed E-state index contributed by atoms with van der Waals surface area (Å²) in [7, 11) is 0. The Balaban J connectivity index is 2.55. The lowest BCUT2D eigenvalue weighted by Gasteiger charge is -2.12. The first-order chi connectivity index (χ1) is 8.59. The highest BCUT2D eigenvalue weighted by atomic mass is 19.1. The van der Waals surface area contributed by atoms with Crippen molar-refractivity contribution in [3.8, 4) is 11.1 Å². The van der Waals surface area contributed by atoms with E-state index in [9.17, 15) is 14.3 Å². The van der Waals surface area contributed by atoms with Crippen LogP contribution in [0.5, 0.6) is 0 Å². The van der Waals surface area contributed by atoms with Crippen molar-refractivity contribution in [3.05, 3.63) is 54.1 Å². The predicted octanol–water partition coefficient (Wildman–Crippen LogP) is 1.41. The second kappa shape index (κ2) is 4.93. The summed E-state index contributed by atoms with van der Waals surface area (Å²) in [6.45, 7) is 0. The van der Waals surface area contributed by atoms with E-state index < -0.39 is 17.8 Å². The van der Waals surface area contributed by atoms with Crippen molar-refractivity contribution in [1.82, 2.24) is 4.98 Å². The van der Waals surface area contributed by atoms with E-state index in [1.54, 1.807) is 24.3 Å². The van der Waals surface area contributed by atoms with Crippen LogP contribution in [0.2, 0.25) is 0 Å². The van der Waals surface area contributed by atoms with Gasteiger partial charge in [0.25, 0.3) is 5.91 Å². The van der Waals surface area contributed by atoms with Gasteiger partial charge in [-0.25, -0.2) is 4.39 Å². The van der Waals surface area contributed by atoms with Gasteiger partial charge in [-0.3, -0.25) is 9.78 Å². The molecular weight excluding hydrogens is 235 g/mol. The molecule has 92 valence electrons. The number of aromatic nitrogens is 1. The summed E-state index contributed by atoms with van der Waals surface area (Å²) in [6.07, 6.45) is 1.11. The second-order valence-corrected chi connectivity index (χ2v) is 3.78. The Hall–Kier alpha value is -2.27. The number of aliphatic hydroxyl groups excluding tert-OH is 1. The third kappa shape index (κ3) is 2.36. The highest BCUT2D eigenvalue weighted by Gasteiger charge is 2.18. The molecule has 5 heteroatoms. The Labute approximate surface area is 103 Å². The lowest BCUT2D eigenvalue weighted by molar-refractivity contribution is -0.126. The number of halogens is 1. The summed E-state index contributed by atoms with van der Waals surface area (Å²) < 4.78 is 13.1. The summed E-state index contributed by atoms with van der Waals surface area (Å²) in [5, 5.41) is 9.72. The molecule has 0 aliphatic rings. The number of primary amides is 1. The van der Waals surface area contributed by atoms with Crippen LogP contribution in [0.15, 0.2) is 42.7 Å². The van der Waals surface area contributed by atoms with Crippen LogP contribution < -0.4 is 5.73 Å².